The summed E-state index contributed by atoms with van der Waals surface area (Å²) in [4.78, 5) is 0. The van der Waals surface area contributed by atoms with Gasteiger partial charge in [-0.1, -0.05) is 25.1 Å². The second kappa shape index (κ2) is 5.38. The Morgan fingerprint density at radius 2 is 2.10 bits per heavy atom. The molecule has 0 radical (unpaired) electrons. The van der Waals surface area contributed by atoms with E-state index in [2.05, 4.69) is 30.2 Å². The minimum absolute atomic E-state index is 0.499. The SMILES string of the molecule is CCc1cc(CC(O)c2ccc3c(c2)COC3)n(C)n1. The molecular formula is C16H20N2O2. The minimum Gasteiger partial charge on any atom is -0.388 e. The van der Waals surface area contributed by atoms with Crippen LogP contribution in [0.4, 0.5) is 0 Å². The smallest absolute Gasteiger partial charge is 0.0845 e. The van der Waals surface area contributed by atoms with Crippen molar-refractivity contribution in [3.05, 3.63) is 52.3 Å². The molecule has 0 saturated heterocycles. The van der Waals surface area contributed by atoms with Crippen LogP contribution in [0.3, 0.4) is 0 Å². The zero-order valence-corrected chi connectivity index (χ0v) is 12.0. The van der Waals surface area contributed by atoms with Gasteiger partial charge in [0.05, 0.1) is 25.0 Å². The Bertz CT molecular complexity index is 619. The molecule has 0 saturated carbocycles. The fourth-order valence-electron chi connectivity index (χ4n) is 2.65. The molecule has 0 amide bonds. The largest absolute Gasteiger partial charge is 0.388 e. The molecule has 0 bridgehead atoms. The van der Waals surface area contributed by atoms with Crippen LogP contribution >= 0.6 is 0 Å². The lowest BCUT2D eigenvalue weighted by Crippen LogP contribution is -2.07. The molecular weight excluding hydrogens is 252 g/mol. The van der Waals surface area contributed by atoms with Crippen molar-refractivity contribution in [2.45, 2.75) is 39.1 Å². The highest BCUT2D eigenvalue weighted by molar-refractivity contribution is 5.34. The lowest BCUT2D eigenvalue weighted by molar-refractivity contribution is 0.134. The van der Waals surface area contributed by atoms with Gasteiger partial charge in [0.15, 0.2) is 0 Å². The molecule has 4 heteroatoms. The van der Waals surface area contributed by atoms with Crippen molar-refractivity contribution in [2.75, 3.05) is 0 Å². The second-order valence-electron chi connectivity index (χ2n) is 5.35. The zero-order valence-electron chi connectivity index (χ0n) is 12.0. The van der Waals surface area contributed by atoms with E-state index in [1.54, 1.807) is 0 Å². The number of aromatic nitrogens is 2. The van der Waals surface area contributed by atoms with Crippen LogP contribution in [0.5, 0.6) is 0 Å². The summed E-state index contributed by atoms with van der Waals surface area (Å²) in [6.07, 6.45) is 1.00. The molecule has 1 aromatic heterocycles. The van der Waals surface area contributed by atoms with Gasteiger partial charge < -0.3 is 9.84 Å². The van der Waals surface area contributed by atoms with E-state index in [-0.39, 0.29) is 0 Å². The van der Waals surface area contributed by atoms with E-state index < -0.39 is 6.10 Å². The number of hydrogen-bond donors (Lipinski definition) is 1. The highest BCUT2D eigenvalue weighted by atomic mass is 16.5. The quantitative estimate of drug-likeness (QED) is 0.929. The molecule has 1 unspecified atom stereocenters. The second-order valence-corrected chi connectivity index (χ2v) is 5.35. The van der Waals surface area contributed by atoms with Gasteiger partial charge in [-0.2, -0.15) is 5.10 Å². The average molecular weight is 272 g/mol. The van der Waals surface area contributed by atoms with Crippen molar-refractivity contribution in [2.24, 2.45) is 7.05 Å². The predicted molar refractivity (Wildman–Crippen MR) is 76.2 cm³/mol. The first kappa shape index (κ1) is 13.3. The fraction of sp³-hybridized carbons (Fsp3) is 0.438. The van der Waals surface area contributed by atoms with E-state index >= 15 is 0 Å². The van der Waals surface area contributed by atoms with Crippen LogP contribution in [0.15, 0.2) is 24.3 Å². The van der Waals surface area contributed by atoms with Gasteiger partial charge in [0, 0.05) is 19.2 Å². The predicted octanol–water partition coefficient (Wildman–Crippen LogP) is 2.29. The molecule has 4 nitrogen and oxygen atoms in total. The highest BCUT2D eigenvalue weighted by Crippen LogP contribution is 2.25. The van der Waals surface area contributed by atoms with Crippen LogP contribution in [0.2, 0.25) is 0 Å². The molecule has 3 rings (SSSR count). The van der Waals surface area contributed by atoms with Crippen LogP contribution in [0, 0.1) is 0 Å². The topological polar surface area (TPSA) is 47.3 Å². The first-order chi connectivity index (χ1) is 9.67. The Labute approximate surface area is 119 Å². The van der Waals surface area contributed by atoms with Gasteiger partial charge in [-0.15, -0.1) is 0 Å². The number of rotatable bonds is 4. The third-order valence-corrected chi connectivity index (χ3v) is 3.92. The monoisotopic (exact) mass is 272 g/mol. The maximum absolute atomic E-state index is 10.4. The molecule has 106 valence electrons. The number of nitrogens with zero attached hydrogens (tertiary/aromatic N) is 2. The summed E-state index contributed by atoms with van der Waals surface area (Å²) >= 11 is 0. The van der Waals surface area contributed by atoms with Crippen molar-refractivity contribution < 1.29 is 9.84 Å². The van der Waals surface area contributed by atoms with Gasteiger partial charge in [-0.05, 0) is 29.2 Å². The lowest BCUT2D eigenvalue weighted by atomic mass is 10.00. The van der Waals surface area contributed by atoms with Gasteiger partial charge in [-0.25, -0.2) is 0 Å². The van der Waals surface area contributed by atoms with Crippen LogP contribution in [0.25, 0.3) is 0 Å². The summed E-state index contributed by atoms with van der Waals surface area (Å²) in [5, 5.41) is 14.8. The number of hydrogen-bond acceptors (Lipinski definition) is 3. The van der Waals surface area contributed by atoms with Crippen molar-refractivity contribution in [3.8, 4) is 0 Å². The number of aliphatic hydroxyl groups excluding tert-OH is 1. The average Bonchev–Trinajstić information content (AvgIpc) is 3.04. The van der Waals surface area contributed by atoms with Gasteiger partial charge in [0.2, 0.25) is 0 Å². The normalized spacial score (nSPS) is 15.3. The molecule has 0 spiro atoms. The molecule has 20 heavy (non-hydrogen) atoms. The Morgan fingerprint density at radius 3 is 2.85 bits per heavy atom. The van der Waals surface area contributed by atoms with Gasteiger partial charge in [0.25, 0.3) is 0 Å². The maximum atomic E-state index is 10.4. The Morgan fingerprint density at radius 1 is 1.30 bits per heavy atom. The standard InChI is InChI=1S/C16H20N2O2/c1-3-14-7-15(18(2)17-14)8-16(19)11-4-5-12-9-20-10-13(12)6-11/h4-7,16,19H,3,8-10H2,1-2H3. The van der Waals surface area contributed by atoms with Crippen molar-refractivity contribution in [3.63, 3.8) is 0 Å². The number of ether oxygens (including phenoxy) is 1. The van der Waals surface area contributed by atoms with E-state index in [1.807, 2.05) is 17.8 Å². The molecule has 1 aliphatic heterocycles. The number of aliphatic hydroxyl groups is 1. The van der Waals surface area contributed by atoms with E-state index in [0.717, 1.165) is 23.4 Å². The van der Waals surface area contributed by atoms with Crippen molar-refractivity contribution in [1.29, 1.82) is 0 Å². The first-order valence-corrected chi connectivity index (χ1v) is 7.06. The zero-order chi connectivity index (χ0) is 14.1. The van der Waals surface area contributed by atoms with Crippen LogP contribution in [0.1, 0.15) is 41.1 Å². The first-order valence-electron chi connectivity index (χ1n) is 7.06. The summed E-state index contributed by atoms with van der Waals surface area (Å²) in [5.74, 6) is 0. The van der Waals surface area contributed by atoms with Gasteiger partial charge in [-0.3, -0.25) is 4.68 Å². The summed E-state index contributed by atoms with van der Waals surface area (Å²) in [6.45, 7) is 3.43. The fourth-order valence-corrected chi connectivity index (χ4v) is 2.65. The third-order valence-electron chi connectivity index (χ3n) is 3.92. The van der Waals surface area contributed by atoms with E-state index in [4.69, 9.17) is 4.74 Å². The molecule has 1 N–H and O–H groups in total. The number of fused-ring (bicyclic) bond motifs is 1. The summed E-state index contributed by atoms with van der Waals surface area (Å²) < 4.78 is 7.27. The molecule has 1 aliphatic rings. The van der Waals surface area contributed by atoms with Crippen LogP contribution in [-0.2, 0) is 37.8 Å². The number of benzene rings is 1. The molecule has 1 atom stereocenters. The highest BCUT2D eigenvalue weighted by Gasteiger charge is 2.16. The summed E-state index contributed by atoms with van der Waals surface area (Å²) in [7, 11) is 1.93. The van der Waals surface area contributed by atoms with Crippen molar-refractivity contribution >= 4 is 0 Å². The van der Waals surface area contributed by atoms with E-state index in [0.29, 0.717) is 19.6 Å². The van der Waals surface area contributed by atoms with E-state index in [9.17, 15) is 5.11 Å². The Kier molecular flexibility index (Phi) is 3.59. The van der Waals surface area contributed by atoms with E-state index in [1.165, 1.54) is 11.1 Å². The maximum Gasteiger partial charge on any atom is 0.0845 e. The van der Waals surface area contributed by atoms with Crippen LogP contribution < -0.4 is 0 Å². The van der Waals surface area contributed by atoms with Gasteiger partial charge >= 0.3 is 0 Å². The van der Waals surface area contributed by atoms with Gasteiger partial charge in [0.1, 0.15) is 0 Å². The molecule has 1 aromatic carbocycles. The lowest BCUT2D eigenvalue weighted by Gasteiger charge is -2.12. The molecule has 2 heterocycles. The molecule has 0 aliphatic carbocycles. The van der Waals surface area contributed by atoms with Crippen molar-refractivity contribution in [1.82, 2.24) is 9.78 Å². The molecule has 2 aromatic rings. The summed E-state index contributed by atoms with van der Waals surface area (Å²) in [5.41, 5.74) is 5.51. The Hall–Kier alpha value is -1.65. The Balaban J connectivity index is 1.78. The third kappa shape index (κ3) is 2.49. The number of aryl methyl sites for hydroxylation is 2. The molecule has 0 fully saturated rings. The van der Waals surface area contributed by atoms with Crippen LogP contribution in [-0.4, -0.2) is 14.9 Å². The summed E-state index contributed by atoms with van der Waals surface area (Å²) in [6, 6.07) is 8.18. The minimum atomic E-state index is -0.499.